The van der Waals surface area contributed by atoms with Crippen LogP contribution in [0.2, 0.25) is 0 Å². The summed E-state index contributed by atoms with van der Waals surface area (Å²) >= 11 is 6.40. The summed E-state index contributed by atoms with van der Waals surface area (Å²) in [5, 5.41) is 7.88. The molecule has 0 saturated carbocycles. The van der Waals surface area contributed by atoms with Gasteiger partial charge in [0.1, 0.15) is 4.71 Å². The molecule has 62 valence electrons. The lowest BCUT2D eigenvalue weighted by Crippen LogP contribution is -2.34. The molecule has 0 aromatic carbocycles. The summed E-state index contributed by atoms with van der Waals surface area (Å²) in [5.74, 6) is 1.28. The molecule has 1 fully saturated rings. The van der Waals surface area contributed by atoms with E-state index in [1.165, 1.54) is 10.8 Å². The Bertz CT molecular complexity index is 197. The van der Waals surface area contributed by atoms with Crippen LogP contribution in [0.3, 0.4) is 0 Å². The van der Waals surface area contributed by atoms with Gasteiger partial charge in [0.05, 0.1) is 11.6 Å². The number of hydrazone groups is 1. The minimum absolute atomic E-state index is 0.584. The molecule has 0 radical (unpaired) electrons. The molecule has 0 aromatic rings. The van der Waals surface area contributed by atoms with Crippen LogP contribution in [0.4, 0.5) is 0 Å². The van der Waals surface area contributed by atoms with Crippen molar-refractivity contribution in [3.63, 3.8) is 0 Å². The maximum Gasteiger partial charge on any atom is 0.144 e. The average Bonchev–Trinajstić information content (AvgIpc) is 2.27. The molecule has 2 heterocycles. The molecule has 0 N–H and O–H groups in total. The van der Waals surface area contributed by atoms with Gasteiger partial charge in [-0.15, -0.1) is 11.8 Å². The predicted molar refractivity (Wildman–Crippen MR) is 61.5 cm³/mol. The third-order valence-corrected chi connectivity index (χ3v) is 5.71. The van der Waals surface area contributed by atoms with E-state index in [4.69, 9.17) is 0 Å². The second kappa shape index (κ2) is 3.33. The molecule has 2 rings (SSSR count). The fraction of sp³-hybridized carbons (Fsp3) is 0.833. The van der Waals surface area contributed by atoms with Crippen LogP contribution in [0.5, 0.6) is 0 Å². The Labute approximate surface area is 88.7 Å². The Morgan fingerprint density at radius 1 is 1.73 bits per heavy atom. The maximum atomic E-state index is 4.45. The van der Waals surface area contributed by atoms with Crippen molar-refractivity contribution in [1.82, 2.24) is 5.01 Å². The van der Waals surface area contributed by atoms with Crippen molar-refractivity contribution in [2.75, 3.05) is 12.3 Å². The molecule has 11 heavy (non-hydrogen) atoms. The molecule has 5 heteroatoms. The van der Waals surface area contributed by atoms with Crippen molar-refractivity contribution in [3.8, 4) is 0 Å². The van der Waals surface area contributed by atoms with E-state index in [2.05, 4.69) is 39.6 Å². The number of halogens is 1. The van der Waals surface area contributed by atoms with Crippen LogP contribution >= 0.6 is 46.1 Å². The van der Waals surface area contributed by atoms with Gasteiger partial charge in [0, 0.05) is 9.68 Å². The number of thioether (sulfide) groups is 2. The Balaban J connectivity index is 2.05. The molecular weight excluding hydrogens is 291 g/mol. The molecule has 1 saturated heterocycles. The van der Waals surface area contributed by atoms with Crippen molar-refractivity contribution < 1.29 is 0 Å². The van der Waals surface area contributed by atoms with E-state index >= 15 is 0 Å². The first-order chi connectivity index (χ1) is 5.25. The van der Waals surface area contributed by atoms with E-state index in [-0.39, 0.29) is 0 Å². The van der Waals surface area contributed by atoms with Gasteiger partial charge >= 0.3 is 0 Å². The summed E-state index contributed by atoms with van der Waals surface area (Å²) in [6, 6.07) is 0. The highest BCUT2D eigenvalue weighted by Crippen LogP contribution is 2.39. The van der Waals surface area contributed by atoms with Gasteiger partial charge in [-0.3, -0.25) is 5.01 Å². The van der Waals surface area contributed by atoms with E-state index in [0.29, 0.717) is 4.71 Å². The molecule has 0 aliphatic carbocycles. The van der Waals surface area contributed by atoms with Crippen LogP contribution in [0.25, 0.3) is 0 Å². The highest BCUT2D eigenvalue weighted by Gasteiger charge is 2.31. The Morgan fingerprint density at radius 2 is 2.55 bits per heavy atom. The zero-order valence-electron chi connectivity index (χ0n) is 6.16. The molecular formula is C6H9IN2S2. The molecule has 2 nitrogen and oxygen atoms in total. The Hall–Kier alpha value is 0.900. The van der Waals surface area contributed by atoms with Crippen molar-refractivity contribution in [2.45, 2.75) is 15.6 Å². The molecule has 0 amide bonds. The largest absolute Gasteiger partial charge is 0.272 e. The lowest BCUT2D eigenvalue weighted by atomic mass is 10.5. The van der Waals surface area contributed by atoms with E-state index in [9.17, 15) is 0 Å². The van der Waals surface area contributed by atoms with Crippen molar-refractivity contribution in [3.05, 3.63) is 0 Å². The topological polar surface area (TPSA) is 15.6 Å². The third kappa shape index (κ3) is 1.80. The monoisotopic (exact) mass is 300 g/mol. The Morgan fingerprint density at radius 3 is 3.36 bits per heavy atom. The second-order valence-electron chi connectivity index (χ2n) is 2.60. The summed E-state index contributed by atoms with van der Waals surface area (Å²) < 4.78 is 1.35. The van der Waals surface area contributed by atoms with Gasteiger partial charge in [-0.1, -0.05) is 34.4 Å². The third-order valence-electron chi connectivity index (χ3n) is 1.59. The maximum absolute atomic E-state index is 4.45. The fourth-order valence-electron chi connectivity index (χ4n) is 1.15. The van der Waals surface area contributed by atoms with E-state index < -0.39 is 0 Å². The summed E-state index contributed by atoms with van der Waals surface area (Å²) in [4.78, 5) is 0. The van der Waals surface area contributed by atoms with Crippen LogP contribution in [-0.4, -0.2) is 31.0 Å². The summed E-state index contributed by atoms with van der Waals surface area (Å²) in [7, 11) is 0. The van der Waals surface area contributed by atoms with Gasteiger partial charge in [0.25, 0.3) is 0 Å². The van der Waals surface area contributed by atoms with E-state index in [0.717, 1.165) is 10.5 Å². The molecule has 0 spiro atoms. The first kappa shape index (κ1) is 8.50. The van der Waals surface area contributed by atoms with Gasteiger partial charge in [0.2, 0.25) is 0 Å². The van der Waals surface area contributed by atoms with Gasteiger partial charge in [-0.05, 0) is 6.92 Å². The second-order valence-corrected chi connectivity index (χ2v) is 7.04. The van der Waals surface area contributed by atoms with Crippen LogP contribution in [0.1, 0.15) is 6.92 Å². The Kier molecular flexibility index (Phi) is 2.58. The lowest BCUT2D eigenvalue weighted by Gasteiger charge is -2.29. The summed E-state index contributed by atoms with van der Waals surface area (Å²) in [6.07, 6.45) is 0. The van der Waals surface area contributed by atoms with E-state index in [1.54, 1.807) is 0 Å². The van der Waals surface area contributed by atoms with Gasteiger partial charge in [-0.2, -0.15) is 5.10 Å². The summed E-state index contributed by atoms with van der Waals surface area (Å²) in [5.41, 5.74) is 0. The number of fused-ring (bicyclic) bond motifs is 1. The molecule has 2 aliphatic rings. The van der Waals surface area contributed by atoms with Crippen LogP contribution in [0, 0.1) is 0 Å². The van der Waals surface area contributed by atoms with Gasteiger partial charge in [0.15, 0.2) is 0 Å². The standard InChI is InChI=1S/C6H9IN2S2/c1-4-8-9-2-5(7)3-10-6(9)11-4/h5-6H,2-3H2,1H3. The molecule has 2 atom stereocenters. The van der Waals surface area contributed by atoms with Gasteiger partial charge < -0.3 is 0 Å². The smallest absolute Gasteiger partial charge is 0.144 e. The molecule has 2 unspecified atom stereocenters. The average molecular weight is 300 g/mol. The lowest BCUT2D eigenvalue weighted by molar-refractivity contribution is 0.329. The minimum Gasteiger partial charge on any atom is -0.272 e. The molecule has 2 aliphatic heterocycles. The first-order valence-corrected chi connectivity index (χ1v) is 6.67. The number of rotatable bonds is 0. The van der Waals surface area contributed by atoms with Crippen LogP contribution < -0.4 is 0 Å². The number of hydrogen-bond acceptors (Lipinski definition) is 4. The predicted octanol–water partition coefficient (Wildman–Crippen LogP) is 2.20. The number of hydrogen-bond donors (Lipinski definition) is 0. The quantitative estimate of drug-likeness (QED) is 0.504. The number of alkyl halides is 1. The van der Waals surface area contributed by atoms with Crippen molar-refractivity contribution >= 4 is 51.2 Å². The normalized spacial score (nSPS) is 36.9. The highest BCUT2D eigenvalue weighted by atomic mass is 127. The molecule has 0 aromatic heterocycles. The number of nitrogens with zero attached hydrogens (tertiary/aromatic N) is 2. The fourth-order valence-corrected chi connectivity index (χ4v) is 4.58. The first-order valence-electron chi connectivity index (χ1n) is 3.50. The van der Waals surface area contributed by atoms with Gasteiger partial charge in [-0.25, -0.2) is 0 Å². The zero-order valence-corrected chi connectivity index (χ0v) is 9.95. The van der Waals surface area contributed by atoms with Crippen molar-refractivity contribution in [1.29, 1.82) is 0 Å². The molecule has 0 bridgehead atoms. The SMILES string of the molecule is CC1=NN2CC(I)CSC2S1. The van der Waals surface area contributed by atoms with E-state index in [1.807, 2.05) is 23.5 Å². The van der Waals surface area contributed by atoms with Crippen molar-refractivity contribution in [2.24, 2.45) is 5.10 Å². The van der Waals surface area contributed by atoms with Crippen LogP contribution in [-0.2, 0) is 0 Å². The highest BCUT2D eigenvalue weighted by molar-refractivity contribution is 14.1. The zero-order chi connectivity index (χ0) is 7.84. The summed E-state index contributed by atoms with van der Waals surface area (Å²) in [6.45, 7) is 3.22. The minimum atomic E-state index is 0.584. The van der Waals surface area contributed by atoms with Crippen LogP contribution in [0.15, 0.2) is 5.10 Å².